The van der Waals surface area contributed by atoms with Crippen LogP contribution in [0.3, 0.4) is 0 Å². The summed E-state index contributed by atoms with van der Waals surface area (Å²) in [4.78, 5) is 38.3. The van der Waals surface area contributed by atoms with Gasteiger partial charge in [-0.25, -0.2) is 0 Å². The van der Waals surface area contributed by atoms with Crippen LogP contribution in [0, 0.1) is 0 Å². The Hall–Kier alpha value is -2.89. The number of unbranched alkanes of at least 4 members (excludes halogenated alkanes) is 39. The molecule has 0 bridgehead atoms. The average molecular weight is 1050 g/mol. The molecule has 6 heteroatoms. The Kier molecular flexibility index (Phi) is 61.2. The summed E-state index contributed by atoms with van der Waals surface area (Å²) in [6.07, 6.45) is 80.9. The first-order valence-electron chi connectivity index (χ1n) is 32.8. The van der Waals surface area contributed by atoms with Crippen LogP contribution in [0.25, 0.3) is 0 Å². The van der Waals surface area contributed by atoms with Crippen molar-refractivity contribution in [1.29, 1.82) is 0 Å². The highest BCUT2D eigenvalue weighted by atomic mass is 16.6. The molecule has 0 N–H and O–H groups in total. The van der Waals surface area contributed by atoms with Crippen LogP contribution in [0.2, 0.25) is 0 Å². The molecule has 0 aromatic heterocycles. The van der Waals surface area contributed by atoms with Crippen LogP contribution in [0.15, 0.2) is 60.8 Å². The highest BCUT2D eigenvalue weighted by Gasteiger charge is 2.19. The van der Waals surface area contributed by atoms with Crippen LogP contribution in [-0.4, -0.2) is 37.2 Å². The van der Waals surface area contributed by atoms with Crippen LogP contribution in [0.5, 0.6) is 0 Å². The monoisotopic (exact) mass is 1050 g/mol. The normalized spacial score (nSPS) is 12.4. The van der Waals surface area contributed by atoms with E-state index in [4.69, 9.17) is 14.2 Å². The lowest BCUT2D eigenvalue weighted by Gasteiger charge is -2.18. The molecule has 0 amide bonds. The van der Waals surface area contributed by atoms with Crippen molar-refractivity contribution < 1.29 is 28.6 Å². The summed E-state index contributed by atoms with van der Waals surface area (Å²) in [5, 5.41) is 0. The van der Waals surface area contributed by atoms with Gasteiger partial charge in [0, 0.05) is 19.3 Å². The molecule has 0 aliphatic heterocycles. The molecule has 0 saturated carbocycles. The van der Waals surface area contributed by atoms with Gasteiger partial charge in [-0.3, -0.25) is 14.4 Å². The maximum absolute atomic E-state index is 12.9. The van der Waals surface area contributed by atoms with Crippen LogP contribution in [0.1, 0.15) is 342 Å². The van der Waals surface area contributed by atoms with Gasteiger partial charge in [0.15, 0.2) is 6.10 Å². The standard InChI is InChI=1S/C69H124O6/c1-4-7-10-13-16-19-22-25-27-29-30-31-32-33-34-35-36-37-38-40-41-44-47-50-53-56-59-62-68(71)74-65-66(64-73-67(70)61-58-55-52-49-46-43-24-21-18-15-12-9-6-3)75-69(72)63-60-57-54-51-48-45-42-39-28-26-23-20-17-14-11-8-5-2/h7,10,16,19,21,24-25,27,30-31,66H,4-6,8-9,11-15,17-18,20,22-23,26,28-29,32-65H2,1-3H3/b10-7-,19-16-,24-21-,27-25-,31-30-. The Morgan fingerprint density at radius 3 is 0.840 bits per heavy atom. The Morgan fingerprint density at radius 2 is 0.520 bits per heavy atom. The van der Waals surface area contributed by atoms with E-state index in [1.54, 1.807) is 0 Å². The summed E-state index contributed by atoms with van der Waals surface area (Å²) in [7, 11) is 0. The molecule has 0 aliphatic carbocycles. The zero-order chi connectivity index (χ0) is 54.3. The van der Waals surface area contributed by atoms with Gasteiger partial charge in [0.05, 0.1) is 0 Å². The number of allylic oxidation sites excluding steroid dienone is 10. The first kappa shape index (κ1) is 72.1. The number of esters is 3. The number of carbonyl (C=O) groups excluding carboxylic acids is 3. The Morgan fingerprint density at radius 1 is 0.280 bits per heavy atom. The number of carbonyl (C=O) groups is 3. The predicted molar refractivity (Wildman–Crippen MR) is 325 cm³/mol. The maximum atomic E-state index is 12.9. The first-order chi connectivity index (χ1) is 37.0. The van der Waals surface area contributed by atoms with Crippen LogP contribution >= 0.6 is 0 Å². The van der Waals surface area contributed by atoms with Crippen LogP contribution in [0.4, 0.5) is 0 Å². The van der Waals surface area contributed by atoms with Crippen molar-refractivity contribution in [2.75, 3.05) is 13.2 Å². The SMILES string of the molecule is CC/C=C\C/C=C\C/C=C\C/C=C\CCCCCCCCCCCCCCCCC(=O)OCC(COC(=O)CCCCCCC/C=C\CCCCCC)OC(=O)CCCCCCCCCCCCCCCCCCC. The summed E-state index contributed by atoms with van der Waals surface area (Å²) in [5.41, 5.74) is 0. The molecular formula is C69H124O6. The van der Waals surface area contributed by atoms with E-state index < -0.39 is 6.10 Å². The molecule has 0 spiro atoms. The minimum Gasteiger partial charge on any atom is -0.462 e. The van der Waals surface area contributed by atoms with E-state index in [0.717, 1.165) is 89.9 Å². The first-order valence-corrected chi connectivity index (χ1v) is 32.8. The number of hydrogen-bond acceptors (Lipinski definition) is 6. The smallest absolute Gasteiger partial charge is 0.306 e. The summed E-state index contributed by atoms with van der Waals surface area (Å²) in [6.45, 7) is 6.56. The zero-order valence-electron chi connectivity index (χ0n) is 50.1. The summed E-state index contributed by atoms with van der Waals surface area (Å²) in [5.74, 6) is -0.861. The minimum atomic E-state index is -0.775. The van der Waals surface area contributed by atoms with Crippen LogP contribution < -0.4 is 0 Å². The van der Waals surface area contributed by atoms with Crippen molar-refractivity contribution in [1.82, 2.24) is 0 Å². The summed E-state index contributed by atoms with van der Waals surface area (Å²) >= 11 is 0. The minimum absolute atomic E-state index is 0.0727. The maximum Gasteiger partial charge on any atom is 0.306 e. The highest BCUT2D eigenvalue weighted by Crippen LogP contribution is 2.17. The molecule has 436 valence electrons. The Labute approximate surface area is 466 Å². The highest BCUT2D eigenvalue weighted by molar-refractivity contribution is 5.71. The molecule has 0 aromatic carbocycles. The van der Waals surface area contributed by atoms with E-state index in [0.29, 0.717) is 19.3 Å². The van der Waals surface area contributed by atoms with E-state index in [-0.39, 0.29) is 31.1 Å². The molecule has 0 heterocycles. The van der Waals surface area contributed by atoms with Gasteiger partial charge in [-0.1, -0.05) is 300 Å². The van der Waals surface area contributed by atoms with Crippen LogP contribution in [-0.2, 0) is 28.6 Å². The molecule has 6 nitrogen and oxygen atoms in total. The fourth-order valence-electron chi connectivity index (χ4n) is 9.61. The average Bonchev–Trinajstić information content (AvgIpc) is 3.41. The summed E-state index contributed by atoms with van der Waals surface area (Å²) in [6, 6.07) is 0. The van der Waals surface area contributed by atoms with E-state index in [1.807, 2.05) is 0 Å². The molecule has 0 radical (unpaired) electrons. The van der Waals surface area contributed by atoms with Gasteiger partial charge < -0.3 is 14.2 Å². The second-order valence-corrected chi connectivity index (χ2v) is 22.0. The van der Waals surface area contributed by atoms with E-state index in [2.05, 4.69) is 81.5 Å². The largest absolute Gasteiger partial charge is 0.462 e. The van der Waals surface area contributed by atoms with Gasteiger partial charge >= 0.3 is 17.9 Å². The molecule has 0 rings (SSSR count). The van der Waals surface area contributed by atoms with Crippen molar-refractivity contribution in [2.24, 2.45) is 0 Å². The third-order valence-electron chi connectivity index (χ3n) is 14.5. The third kappa shape index (κ3) is 61.8. The number of rotatable bonds is 60. The fraction of sp³-hybridized carbons (Fsp3) is 0.812. The van der Waals surface area contributed by atoms with Gasteiger partial charge in [0.25, 0.3) is 0 Å². The van der Waals surface area contributed by atoms with E-state index in [9.17, 15) is 14.4 Å². The molecule has 1 unspecified atom stereocenters. The van der Waals surface area contributed by atoms with Gasteiger partial charge in [-0.05, 0) is 83.5 Å². The van der Waals surface area contributed by atoms with E-state index >= 15 is 0 Å². The second-order valence-electron chi connectivity index (χ2n) is 22.0. The summed E-state index contributed by atoms with van der Waals surface area (Å²) < 4.78 is 16.9. The third-order valence-corrected chi connectivity index (χ3v) is 14.5. The lowest BCUT2D eigenvalue weighted by atomic mass is 10.0. The number of ether oxygens (including phenoxy) is 3. The molecular weight excluding hydrogens is 925 g/mol. The van der Waals surface area contributed by atoms with Crippen molar-refractivity contribution >= 4 is 17.9 Å². The zero-order valence-corrected chi connectivity index (χ0v) is 50.1. The van der Waals surface area contributed by atoms with Gasteiger partial charge in [-0.2, -0.15) is 0 Å². The second kappa shape index (κ2) is 63.6. The lowest BCUT2D eigenvalue weighted by Crippen LogP contribution is -2.30. The predicted octanol–water partition coefficient (Wildman–Crippen LogP) is 22.3. The molecule has 1 atom stereocenters. The van der Waals surface area contributed by atoms with Gasteiger partial charge in [-0.15, -0.1) is 0 Å². The molecule has 0 fully saturated rings. The number of hydrogen-bond donors (Lipinski definition) is 0. The van der Waals surface area contributed by atoms with Crippen molar-refractivity contribution in [3.63, 3.8) is 0 Å². The van der Waals surface area contributed by atoms with E-state index in [1.165, 1.54) is 212 Å². The Bertz CT molecular complexity index is 1340. The molecule has 75 heavy (non-hydrogen) atoms. The molecule has 0 aliphatic rings. The topological polar surface area (TPSA) is 78.9 Å². The van der Waals surface area contributed by atoms with Crippen molar-refractivity contribution in [2.45, 2.75) is 348 Å². The molecule has 0 saturated heterocycles. The molecule has 0 aromatic rings. The lowest BCUT2D eigenvalue weighted by molar-refractivity contribution is -0.167. The van der Waals surface area contributed by atoms with Crippen molar-refractivity contribution in [3.05, 3.63) is 60.8 Å². The fourth-order valence-corrected chi connectivity index (χ4v) is 9.61. The van der Waals surface area contributed by atoms with Gasteiger partial charge in [0.1, 0.15) is 13.2 Å². The van der Waals surface area contributed by atoms with Crippen molar-refractivity contribution in [3.8, 4) is 0 Å². The Balaban J connectivity index is 4.23. The quantitative estimate of drug-likeness (QED) is 0.0261. The van der Waals surface area contributed by atoms with Gasteiger partial charge in [0.2, 0.25) is 0 Å².